The number of hydrogen-bond donors (Lipinski definition) is 3. The van der Waals surface area contributed by atoms with E-state index in [-0.39, 0.29) is 5.91 Å². The minimum absolute atomic E-state index is 0.305. The molecule has 0 saturated carbocycles. The van der Waals surface area contributed by atoms with E-state index >= 15 is 0 Å². The molecular weight excluding hydrogens is 378 g/mol. The fourth-order valence-corrected chi connectivity index (χ4v) is 2.97. The molecule has 6 nitrogen and oxygen atoms in total. The Bertz CT molecular complexity index is 1080. The van der Waals surface area contributed by atoms with Gasteiger partial charge in [-0.1, -0.05) is 17.7 Å². The fourth-order valence-electron chi connectivity index (χ4n) is 2.84. The topological polar surface area (TPSA) is 79.5 Å². The molecule has 140 valence electrons. The van der Waals surface area contributed by atoms with Gasteiger partial charge in [-0.05, 0) is 67.1 Å². The van der Waals surface area contributed by atoms with Crippen molar-refractivity contribution >= 4 is 40.6 Å². The summed E-state index contributed by atoms with van der Waals surface area (Å²) in [5, 5.41) is 8.83. The van der Waals surface area contributed by atoms with Crippen molar-refractivity contribution in [1.29, 1.82) is 0 Å². The fraction of sp³-hybridized carbons (Fsp3) is 0.0476. The van der Waals surface area contributed by atoms with Crippen LogP contribution in [0.15, 0.2) is 60.7 Å². The first-order valence-electron chi connectivity index (χ1n) is 8.55. The first-order chi connectivity index (χ1) is 13.5. The minimum atomic E-state index is -0.434. The molecule has 3 aromatic carbocycles. The number of carbonyl (C=O) groups excluding carboxylic acids is 2. The smallest absolute Gasteiger partial charge is 0.323 e. The van der Waals surface area contributed by atoms with Gasteiger partial charge in [0.2, 0.25) is 0 Å². The Morgan fingerprint density at radius 1 is 0.929 bits per heavy atom. The summed E-state index contributed by atoms with van der Waals surface area (Å²) in [6.07, 6.45) is 0. The van der Waals surface area contributed by atoms with E-state index in [1.807, 2.05) is 25.1 Å². The number of anilines is 3. The molecule has 3 aromatic rings. The van der Waals surface area contributed by atoms with E-state index in [2.05, 4.69) is 16.0 Å². The Morgan fingerprint density at radius 2 is 1.61 bits per heavy atom. The molecule has 28 heavy (non-hydrogen) atoms. The monoisotopic (exact) mass is 393 g/mol. The molecule has 4 rings (SSSR count). The summed E-state index contributed by atoms with van der Waals surface area (Å²) in [6, 6.07) is 16.8. The number of amides is 3. The summed E-state index contributed by atoms with van der Waals surface area (Å²) in [6.45, 7) is 1.94. The number of urea groups is 1. The number of fused-ring (bicyclic) bond motifs is 2. The van der Waals surface area contributed by atoms with Gasteiger partial charge < -0.3 is 20.7 Å². The largest absolute Gasteiger partial charge is 0.454 e. The van der Waals surface area contributed by atoms with Crippen LogP contribution in [0.3, 0.4) is 0 Å². The van der Waals surface area contributed by atoms with Crippen molar-refractivity contribution in [3.8, 4) is 11.5 Å². The van der Waals surface area contributed by atoms with Crippen molar-refractivity contribution in [2.45, 2.75) is 6.92 Å². The highest BCUT2D eigenvalue weighted by molar-refractivity contribution is 6.30. The van der Waals surface area contributed by atoms with Gasteiger partial charge in [0, 0.05) is 16.4 Å². The second-order valence-corrected chi connectivity index (χ2v) is 6.79. The SMILES string of the molecule is Cc1ccc2c(c1)NC(=O)c1cc(NC(=O)Nc3ccc(Cl)cc3)ccc1O2. The predicted octanol–water partition coefficient (Wildman–Crippen LogP) is 5.65. The lowest BCUT2D eigenvalue weighted by Gasteiger charge is -2.11. The molecule has 0 radical (unpaired) electrons. The van der Waals surface area contributed by atoms with Crippen LogP contribution in [0.4, 0.5) is 21.9 Å². The molecule has 3 N–H and O–H groups in total. The average Bonchev–Trinajstić information content (AvgIpc) is 2.79. The molecule has 0 atom stereocenters. The van der Waals surface area contributed by atoms with Gasteiger partial charge in [-0.3, -0.25) is 4.79 Å². The van der Waals surface area contributed by atoms with E-state index in [1.165, 1.54) is 0 Å². The van der Waals surface area contributed by atoms with Gasteiger partial charge in [0.15, 0.2) is 5.75 Å². The third-order valence-corrected chi connectivity index (χ3v) is 4.44. The number of carbonyl (C=O) groups is 2. The maximum Gasteiger partial charge on any atom is 0.323 e. The zero-order valence-corrected chi connectivity index (χ0v) is 15.6. The highest BCUT2D eigenvalue weighted by Gasteiger charge is 2.21. The lowest BCUT2D eigenvalue weighted by molar-refractivity contribution is 0.102. The zero-order chi connectivity index (χ0) is 19.7. The standard InChI is InChI=1S/C21H16ClN3O3/c1-12-2-8-19-17(10-12)25-20(26)16-11-15(7-9-18(16)28-19)24-21(27)23-14-5-3-13(22)4-6-14/h2-11H,1H3,(H,25,26)(H2,23,24,27). The van der Waals surface area contributed by atoms with E-state index < -0.39 is 6.03 Å². The van der Waals surface area contributed by atoms with Crippen LogP contribution in [0.25, 0.3) is 0 Å². The van der Waals surface area contributed by atoms with Crippen LogP contribution < -0.4 is 20.7 Å². The van der Waals surface area contributed by atoms with Gasteiger partial charge in [-0.2, -0.15) is 0 Å². The molecule has 1 heterocycles. The van der Waals surface area contributed by atoms with E-state index in [1.54, 1.807) is 42.5 Å². The van der Waals surface area contributed by atoms with Crippen LogP contribution in [-0.2, 0) is 0 Å². The van der Waals surface area contributed by atoms with Crippen LogP contribution in [0.1, 0.15) is 15.9 Å². The molecule has 0 unspecified atom stereocenters. The molecule has 0 saturated heterocycles. The van der Waals surface area contributed by atoms with E-state index in [0.717, 1.165) is 5.56 Å². The Morgan fingerprint density at radius 3 is 2.39 bits per heavy atom. The Balaban J connectivity index is 1.53. The third-order valence-electron chi connectivity index (χ3n) is 4.19. The highest BCUT2D eigenvalue weighted by Crippen LogP contribution is 2.37. The molecular formula is C21H16ClN3O3. The number of benzene rings is 3. The summed E-state index contributed by atoms with van der Waals surface area (Å²) in [4.78, 5) is 24.8. The van der Waals surface area contributed by atoms with Crippen molar-refractivity contribution < 1.29 is 14.3 Å². The van der Waals surface area contributed by atoms with Crippen LogP contribution in [-0.4, -0.2) is 11.9 Å². The number of nitrogens with one attached hydrogen (secondary N) is 3. The zero-order valence-electron chi connectivity index (χ0n) is 14.9. The molecule has 0 bridgehead atoms. The molecule has 7 heteroatoms. The first-order valence-corrected chi connectivity index (χ1v) is 8.93. The second kappa shape index (κ2) is 7.25. The van der Waals surface area contributed by atoms with Crippen molar-refractivity contribution in [1.82, 2.24) is 0 Å². The van der Waals surface area contributed by atoms with Crippen LogP contribution in [0.5, 0.6) is 11.5 Å². The number of hydrogen-bond acceptors (Lipinski definition) is 3. The number of halogens is 1. The van der Waals surface area contributed by atoms with Gasteiger partial charge in [-0.25, -0.2) is 4.79 Å². The Kier molecular flexibility index (Phi) is 4.63. The van der Waals surface area contributed by atoms with Gasteiger partial charge in [-0.15, -0.1) is 0 Å². The molecule has 1 aliphatic heterocycles. The van der Waals surface area contributed by atoms with Crippen molar-refractivity contribution in [2.75, 3.05) is 16.0 Å². The lowest BCUT2D eigenvalue weighted by atomic mass is 10.1. The maximum atomic E-state index is 12.6. The van der Waals surface area contributed by atoms with Gasteiger partial charge in [0.25, 0.3) is 5.91 Å². The van der Waals surface area contributed by atoms with Crippen molar-refractivity contribution in [3.63, 3.8) is 0 Å². The predicted molar refractivity (Wildman–Crippen MR) is 110 cm³/mol. The van der Waals surface area contributed by atoms with Gasteiger partial charge in [0.1, 0.15) is 5.75 Å². The average molecular weight is 394 g/mol. The van der Waals surface area contributed by atoms with E-state index in [4.69, 9.17) is 16.3 Å². The van der Waals surface area contributed by atoms with Crippen molar-refractivity contribution in [2.24, 2.45) is 0 Å². The first kappa shape index (κ1) is 17.9. The van der Waals surface area contributed by atoms with Crippen LogP contribution >= 0.6 is 11.6 Å². The minimum Gasteiger partial charge on any atom is -0.454 e. The number of ether oxygens (including phenoxy) is 1. The molecule has 0 aromatic heterocycles. The van der Waals surface area contributed by atoms with Crippen LogP contribution in [0, 0.1) is 6.92 Å². The molecule has 0 fully saturated rings. The molecule has 0 spiro atoms. The van der Waals surface area contributed by atoms with Gasteiger partial charge in [0.05, 0.1) is 11.3 Å². The molecule has 1 aliphatic rings. The normalized spacial score (nSPS) is 12.0. The Labute approximate surface area is 166 Å². The summed E-state index contributed by atoms with van der Waals surface area (Å²) in [7, 11) is 0. The molecule has 3 amide bonds. The third kappa shape index (κ3) is 3.77. The maximum absolute atomic E-state index is 12.6. The summed E-state index contributed by atoms with van der Waals surface area (Å²) < 4.78 is 5.87. The van der Waals surface area contributed by atoms with Crippen molar-refractivity contribution in [3.05, 3.63) is 76.8 Å². The van der Waals surface area contributed by atoms with E-state index in [9.17, 15) is 9.59 Å². The Hall–Kier alpha value is -3.51. The number of rotatable bonds is 2. The summed E-state index contributed by atoms with van der Waals surface area (Å²) in [5.74, 6) is 0.684. The lowest BCUT2D eigenvalue weighted by Crippen LogP contribution is -2.20. The highest BCUT2D eigenvalue weighted by atomic mass is 35.5. The summed E-state index contributed by atoms with van der Waals surface area (Å²) >= 11 is 5.84. The van der Waals surface area contributed by atoms with Gasteiger partial charge >= 0.3 is 6.03 Å². The second-order valence-electron chi connectivity index (χ2n) is 6.35. The van der Waals surface area contributed by atoms with Crippen LogP contribution in [0.2, 0.25) is 5.02 Å². The molecule has 0 aliphatic carbocycles. The number of aryl methyl sites for hydroxylation is 1. The summed E-state index contributed by atoms with van der Waals surface area (Å²) in [5.41, 5.74) is 3.01. The van der Waals surface area contributed by atoms with E-state index in [0.29, 0.717) is 39.1 Å². The quantitative estimate of drug-likeness (QED) is 0.526.